The van der Waals surface area contributed by atoms with Gasteiger partial charge in [0.2, 0.25) is 10.0 Å². The zero-order valence-corrected chi connectivity index (χ0v) is 11.0. The molecule has 20 heavy (non-hydrogen) atoms. The van der Waals surface area contributed by atoms with Gasteiger partial charge in [0.25, 0.3) is 0 Å². The smallest absolute Gasteiger partial charge is 0.244 e. The van der Waals surface area contributed by atoms with Crippen molar-refractivity contribution in [1.82, 2.24) is 9.71 Å². The monoisotopic (exact) mass is 299 g/mol. The van der Waals surface area contributed by atoms with Gasteiger partial charge in [0.1, 0.15) is 4.90 Å². The van der Waals surface area contributed by atoms with Crippen molar-refractivity contribution < 1.29 is 17.2 Å². The molecule has 0 saturated carbocycles. The van der Waals surface area contributed by atoms with E-state index in [0.29, 0.717) is 11.8 Å². The van der Waals surface area contributed by atoms with Crippen LogP contribution in [-0.4, -0.2) is 13.4 Å². The van der Waals surface area contributed by atoms with E-state index >= 15 is 0 Å². The molecule has 1 aromatic carbocycles. The second-order valence-corrected chi connectivity index (χ2v) is 5.70. The van der Waals surface area contributed by atoms with Gasteiger partial charge in [-0.2, -0.15) is 0 Å². The van der Waals surface area contributed by atoms with Gasteiger partial charge in [-0.05, 0) is 24.3 Å². The van der Waals surface area contributed by atoms with Gasteiger partial charge in [0, 0.05) is 11.9 Å². The number of anilines is 1. The molecule has 0 aliphatic heterocycles. The molecule has 0 fully saturated rings. The first kappa shape index (κ1) is 14.4. The van der Waals surface area contributed by atoms with Crippen LogP contribution in [-0.2, 0) is 16.6 Å². The van der Waals surface area contributed by atoms with Crippen LogP contribution in [0.4, 0.5) is 14.5 Å². The predicted molar refractivity (Wildman–Crippen MR) is 69.0 cm³/mol. The van der Waals surface area contributed by atoms with E-state index < -0.39 is 26.6 Å². The number of aromatic nitrogens is 1. The van der Waals surface area contributed by atoms with E-state index in [1.807, 2.05) is 0 Å². The minimum Gasteiger partial charge on any atom is -0.399 e. The number of sulfonamides is 1. The van der Waals surface area contributed by atoms with Crippen molar-refractivity contribution in [3.8, 4) is 0 Å². The number of hydrogen-bond donors (Lipinski definition) is 2. The third-order valence-corrected chi connectivity index (χ3v) is 3.88. The van der Waals surface area contributed by atoms with Crippen LogP contribution >= 0.6 is 0 Å². The highest BCUT2D eigenvalue weighted by Crippen LogP contribution is 2.21. The van der Waals surface area contributed by atoms with Crippen molar-refractivity contribution in [1.29, 1.82) is 0 Å². The summed E-state index contributed by atoms with van der Waals surface area (Å²) in [5.74, 6) is -2.78. The summed E-state index contributed by atoms with van der Waals surface area (Å²) in [5.41, 5.74) is 5.59. The Balaban J connectivity index is 2.27. The van der Waals surface area contributed by atoms with E-state index in [2.05, 4.69) is 9.71 Å². The number of halogens is 2. The standard InChI is InChI=1S/C12H11F2N3O2S/c13-10-5-8(15)6-11(12(10)14)20(18,19)17-7-9-3-1-2-4-16-9/h1-6,17H,7,15H2. The average molecular weight is 299 g/mol. The first-order valence-corrected chi connectivity index (χ1v) is 7.02. The van der Waals surface area contributed by atoms with Crippen LogP contribution in [0.1, 0.15) is 5.69 Å². The Kier molecular flexibility index (Phi) is 3.96. The minimum absolute atomic E-state index is 0.140. The number of benzene rings is 1. The summed E-state index contributed by atoms with van der Waals surface area (Å²) in [6.45, 7) is -0.140. The highest BCUT2D eigenvalue weighted by atomic mass is 32.2. The molecule has 0 saturated heterocycles. The van der Waals surface area contributed by atoms with Crippen LogP contribution < -0.4 is 10.5 Å². The summed E-state index contributed by atoms with van der Waals surface area (Å²) in [7, 11) is -4.22. The Labute approximate surface area is 114 Å². The van der Waals surface area contributed by atoms with E-state index in [0.717, 1.165) is 6.07 Å². The molecule has 1 aromatic heterocycles. The van der Waals surface area contributed by atoms with E-state index in [1.54, 1.807) is 18.2 Å². The average Bonchev–Trinajstić information content (AvgIpc) is 2.42. The molecule has 0 unspecified atom stereocenters. The van der Waals surface area contributed by atoms with Crippen LogP contribution in [0.15, 0.2) is 41.4 Å². The first-order valence-electron chi connectivity index (χ1n) is 5.54. The van der Waals surface area contributed by atoms with Crippen molar-refractivity contribution in [2.45, 2.75) is 11.4 Å². The van der Waals surface area contributed by atoms with Crippen molar-refractivity contribution in [2.75, 3.05) is 5.73 Å². The van der Waals surface area contributed by atoms with Crippen molar-refractivity contribution in [3.63, 3.8) is 0 Å². The predicted octanol–water partition coefficient (Wildman–Crippen LogP) is 1.42. The SMILES string of the molecule is Nc1cc(F)c(F)c(S(=O)(=O)NCc2ccccn2)c1. The molecule has 0 spiro atoms. The molecule has 1 heterocycles. The minimum atomic E-state index is -4.22. The van der Waals surface area contributed by atoms with Crippen LogP contribution in [0.25, 0.3) is 0 Å². The fourth-order valence-electron chi connectivity index (χ4n) is 1.53. The Morgan fingerprint density at radius 3 is 2.65 bits per heavy atom. The summed E-state index contributed by atoms with van der Waals surface area (Å²) >= 11 is 0. The molecular weight excluding hydrogens is 288 g/mol. The normalized spacial score (nSPS) is 11.5. The molecule has 0 bridgehead atoms. The lowest BCUT2D eigenvalue weighted by atomic mass is 10.3. The third kappa shape index (κ3) is 3.09. The number of nitrogens with two attached hydrogens (primary N) is 1. The van der Waals surface area contributed by atoms with Crippen LogP contribution in [0.3, 0.4) is 0 Å². The van der Waals surface area contributed by atoms with Gasteiger partial charge in [-0.1, -0.05) is 6.07 Å². The lowest BCUT2D eigenvalue weighted by molar-refractivity contribution is 0.483. The third-order valence-electron chi connectivity index (χ3n) is 2.48. The number of pyridine rings is 1. The van der Waals surface area contributed by atoms with E-state index in [4.69, 9.17) is 5.73 Å². The second kappa shape index (κ2) is 5.51. The molecule has 0 amide bonds. The van der Waals surface area contributed by atoms with Gasteiger partial charge in [0.15, 0.2) is 11.6 Å². The lowest BCUT2D eigenvalue weighted by Crippen LogP contribution is -2.25. The molecule has 8 heteroatoms. The molecule has 3 N–H and O–H groups in total. The van der Waals surface area contributed by atoms with Gasteiger partial charge in [0.05, 0.1) is 12.2 Å². The van der Waals surface area contributed by atoms with Gasteiger partial charge in [-0.25, -0.2) is 21.9 Å². The maximum Gasteiger partial charge on any atom is 0.244 e. The summed E-state index contributed by atoms with van der Waals surface area (Å²) in [4.78, 5) is 3.09. The van der Waals surface area contributed by atoms with E-state index in [-0.39, 0.29) is 12.2 Å². The summed E-state index contributed by atoms with van der Waals surface area (Å²) in [6.07, 6.45) is 1.49. The Hall–Kier alpha value is -2.06. The molecule has 2 rings (SSSR count). The van der Waals surface area contributed by atoms with Crippen molar-refractivity contribution in [3.05, 3.63) is 53.9 Å². The Morgan fingerprint density at radius 2 is 2.00 bits per heavy atom. The second-order valence-electron chi connectivity index (χ2n) is 3.96. The van der Waals surface area contributed by atoms with Gasteiger partial charge >= 0.3 is 0 Å². The van der Waals surface area contributed by atoms with Crippen molar-refractivity contribution >= 4 is 15.7 Å². The largest absolute Gasteiger partial charge is 0.399 e. The summed E-state index contributed by atoms with van der Waals surface area (Å²) in [6, 6.07) is 6.52. The van der Waals surface area contributed by atoms with Gasteiger partial charge in [-0.3, -0.25) is 4.98 Å². The summed E-state index contributed by atoms with van der Waals surface area (Å²) in [5, 5.41) is 0. The van der Waals surface area contributed by atoms with Crippen LogP contribution in [0.2, 0.25) is 0 Å². The fraction of sp³-hybridized carbons (Fsp3) is 0.0833. The quantitative estimate of drug-likeness (QED) is 0.836. The number of nitrogens with zero attached hydrogens (tertiary/aromatic N) is 1. The van der Waals surface area contributed by atoms with Crippen LogP contribution in [0.5, 0.6) is 0 Å². The first-order chi connectivity index (χ1) is 9.40. The van der Waals surface area contributed by atoms with E-state index in [1.165, 1.54) is 6.20 Å². The molecule has 5 nitrogen and oxygen atoms in total. The van der Waals surface area contributed by atoms with Crippen LogP contribution in [0, 0.1) is 11.6 Å². The van der Waals surface area contributed by atoms with E-state index in [9.17, 15) is 17.2 Å². The highest BCUT2D eigenvalue weighted by molar-refractivity contribution is 7.89. The topological polar surface area (TPSA) is 85.1 Å². The molecule has 0 atom stereocenters. The Bertz CT molecular complexity index is 721. The van der Waals surface area contributed by atoms with Crippen molar-refractivity contribution in [2.24, 2.45) is 0 Å². The number of rotatable bonds is 4. The summed E-state index contributed by atoms with van der Waals surface area (Å²) < 4.78 is 52.7. The highest BCUT2D eigenvalue weighted by Gasteiger charge is 2.22. The molecule has 106 valence electrons. The maximum absolute atomic E-state index is 13.5. The molecule has 0 aliphatic rings. The molecule has 0 radical (unpaired) electrons. The fourth-order valence-corrected chi connectivity index (χ4v) is 2.65. The molecular formula is C12H11F2N3O2S. The van der Waals surface area contributed by atoms with Gasteiger partial charge in [-0.15, -0.1) is 0 Å². The molecule has 2 aromatic rings. The number of nitrogen functional groups attached to an aromatic ring is 1. The maximum atomic E-state index is 13.5. The number of hydrogen-bond acceptors (Lipinski definition) is 4. The lowest BCUT2D eigenvalue weighted by Gasteiger charge is -2.08. The zero-order chi connectivity index (χ0) is 14.8. The Morgan fingerprint density at radius 1 is 1.25 bits per heavy atom. The number of nitrogens with one attached hydrogen (secondary N) is 1. The zero-order valence-electron chi connectivity index (χ0n) is 10.2. The molecule has 0 aliphatic carbocycles. The van der Waals surface area contributed by atoms with Gasteiger partial charge < -0.3 is 5.73 Å².